The molecule has 4 aromatic rings. The third-order valence-electron chi connectivity index (χ3n) is 4.84. The lowest BCUT2D eigenvalue weighted by Gasteiger charge is -2.09. The van der Waals surface area contributed by atoms with Gasteiger partial charge in [0.1, 0.15) is 22.3 Å². The van der Waals surface area contributed by atoms with E-state index in [9.17, 15) is 23.5 Å². The van der Waals surface area contributed by atoms with E-state index >= 15 is 0 Å². The molecule has 1 aromatic heterocycles. The minimum atomic E-state index is -0.802. The van der Waals surface area contributed by atoms with Crippen LogP contribution < -0.4 is 5.32 Å². The molecule has 2 N–H and O–H groups in total. The Bertz CT molecular complexity index is 1370. The minimum Gasteiger partial charge on any atom is -0.507 e. The number of nitrogens with zero attached hydrogens (tertiary/aromatic N) is 1. The zero-order valence-corrected chi connectivity index (χ0v) is 18.7. The molecule has 0 saturated heterocycles. The van der Waals surface area contributed by atoms with Gasteiger partial charge in [-0.2, -0.15) is 0 Å². The Morgan fingerprint density at radius 1 is 1.03 bits per heavy atom. The Morgan fingerprint density at radius 2 is 1.79 bits per heavy atom. The van der Waals surface area contributed by atoms with Crippen molar-refractivity contribution in [2.75, 3.05) is 11.9 Å². The maximum atomic E-state index is 14.2. The number of thiazole rings is 1. The van der Waals surface area contributed by atoms with Crippen LogP contribution in [0.25, 0.3) is 22.4 Å². The van der Waals surface area contributed by atoms with Crippen molar-refractivity contribution in [3.05, 3.63) is 88.8 Å². The number of phenols is 1. The molecule has 0 unspecified atom stereocenters. The first-order chi connectivity index (χ1) is 16.4. The minimum absolute atomic E-state index is 0.0701. The number of hydrogen-bond donors (Lipinski definition) is 2. The maximum Gasteiger partial charge on any atom is 0.350 e. The summed E-state index contributed by atoms with van der Waals surface area (Å²) < 4.78 is 32.6. The summed E-state index contributed by atoms with van der Waals surface area (Å²) in [7, 11) is 0. The number of carbonyl (C=O) groups excluding carboxylic acids is 2. The first-order valence-electron chi connectivity index (χ1n) is 10.2. The van der Waals surface area contributed by atoms with E-state index in [0.717, 1.165) is 23.5 Å². The lowest BCUT2D eigenvalue weighted by molar-refractivity contribution is 0.0532. The highest BCUT2D eigenvalue weighted by Crippen LogP contribution is 2.33. The second kappa shape index (κ2) is 9.80. The van der Waals surface area contributed by atoms with E-state index in [0.29, 0.717) is 11.3 Å². The lowest BCUT2D eigenvalue weighted by atomic mass is 10.0. The van der Waals surface area contributed by atoms with Gasteiger partial charge in [-0.3, -0.25) is 10.1 Å². The molecular weight excluding hydrogens is 462 g/mol. The number of halogens is 2. The molecule has 3 aromatic carbocycles. The number of amides is 1. The summed E-state index contributed by atoms with van der Waals surface area (Å²) in [6, 6.07) is 16.0. The van der Waals surface area contributed by atoms with E-state index < -0.39 is 23.5 Å². The van der Waals surface area contributed by atoms with Gasteiger partial charge in [-0.15, -0.1) is 0 Å². The lowest BCUT2D eigenvalue weighted by Crippen LogP contribution is -2.12. The number of carbonyl (C=O) groups is 2. The van der Waals surface area contributed by atoms with Crippen molar-refractivity contribution in [1.29, 1.82) is 0 Å². The number of benzene rings is 3. The van der Waals surface area contributed by atoms with Crippen LogP contribution in [0.5, 0.6) is 5.75 Å². The largest absolute Gasteiger partial charge is 0.507 e. The highest BCUT2D eigenvalue weighted by molar-refractivity contribution is 7.18. The molecule has 1 heterocycles. The normalized spacial score (nSPS) is 10.7. The van der Waals surface area contributed by atoms with Gasteiger partial charge in [0.15, 0.2) is 5.13 Å². The van der Waals surface area contributed by atoms with Gasteiger partial charge in [0.05, 0.1) is 17.9 Å². The number of aromatic nitrogens is 1. The SMILES string of the molecule is CCOC(=O)c1sc(NC(=O)c2cc(-c3ccc(F)cc3F)ccc2O)nc1-c1ccccc1. The van der Waals surface area contributed by atoms with Gasteiger partial charge in [-0.25, -0.2) is 18.6 Å². The summed E-state index contributed by atoms with van der Waals surface area (Å²) in [5.74, 6) is -3.16. The average Bonchev–Trinajstić information content (AvgIpc) is 3.24. The van der Waals surface area contributed by atoms with Crippen LogP contribution in [0.2, 0.25) is 0 Å². The van der Waals surface area contributed by atoms with Crippen LogP contribution in [0.1, 0.15) is 27.0 Å². The molecule has 9 heteroatoms. The van der Waals surface area contributed by atoms with Crippen LogP contribution in [0.15, 0.2) is 66.7 Å². The molecule has 0 bridgehead atoms. The number of nitrogens with one attached hydrogen (secondary N) is 1. The second-order valence-electron chi connectivity index (χ2n) is 7.09. The zero-order chi connectivity index (χ0) is 24.2. The first kappa shape index (κ1) is 23.1. The van der Waals surface area contributed by atoms with Crippen molar-refractivity contribution in [2.24, 2.45) is 0 Å². The number of rotatable bonds is 6. The average molecular weight is 480 g/mol. The molecule has 6 nitrogen and oxygen atoms in total. The van der Waals surface area contributed by atoms with Gasteiger partial charge in [-0.1, -0.05) is 47.7 Å². The summed E-state index contributed by atoms with van der Waals surface area (Å²) >= 11 is 0.935. The van der Waals surface area contributed by atoms with Gasteiger partial charge in [-0.05, 0) is 36.8 Å². The molecular formula is C25H18F2N2O4S. The fourth-order valence-electron chi connectivity index (χ4n) is 3.27. The van der Waals surface area contributed by atoms with Crippen LogP contribution in [0, 0.1) is 11.6 Å². The fourth-order valence-corrected chi connectivity index (χ4v) is 4.15. The Kier molecular flexibility index (Phi) is 6.65. The van der Waals surface area contributed by atoms with Crippen molar-refractivity contribution in [2.45, 2.75) is 6.92 Å². The molecule has 0 fully saturated rings. The Balaban J connectivity index is 1.67. The van der Waals surface area contributed by atoms with Crippen molar-refractivity contribution >= 4 is 28.3 Å². The van der Waals surface area contributed by atoms with E-state index in [1.165, 1.54) is 24.3 Å². The van der Waals surface area contributed by atoms with Crippen LogP contribution in [0.4, 0.5) is 13.9 Å². The summed E-state index contributed by atoms with van der Waals surface area (Å²) in [6.45, 7) is 1.86. The van der Waals surface area contributed by atoms with Crippen LogP contribution in [-0.2, 0) is 4.74 Å². The van der Waals surface area contributed by atoms with Crippen molar-refractivity contribution in [3.8, 4) is 28.1 Å². The van der Waals surface area contributed by atoms with E-state index in [-0.39, 0.29) is 39.1 Å². The number of aromatic hydroxyl groups is 1. The summed E-state index contributed by atoms with van der Waals surface area (Å²) in [5, 5.41) is 12.9. The molecule has 0 radical (unpaired) electrons. The monoisotopic (exact) mass is 480 g/mol. The van der Waals surface area contributed by atoms with Gasteiger partial charge in [0.2, 0.25) is 0 Å². The number of hydrogen-bond acceptors (Lipinski definition) is 6. The first-order valence-corrected chi connectivity index (χ1v) is 11.0. The number of phenolic OH excluding ortho intramolecular Hbond substituents is 1. The summed E-state index contributed by atoms with van der Waals surface area (Å²) in [6.07, 6.45) is 0. The molecule has 34 heavy (non-hydrogen) atoms. The fraction of sp³-hybridized carbons (Fsp3) is 0.0800. The van der Waals surface area contributed by atoms with E-state index in [2.05, 4.69) is 10.3 Å². The maximum absolute atomic E-state index is 14.2. The van der Waals surface area contributed by atoms with E-state index in [4.69, 9.17) is 4.74 Å². The van der Waals surface area contributed by atoms with E-state index in [1.54, 1.807) is 31.2 Å². The van der Waals surface area contributed by atoms with Gasteiger partial charge in [0, 0.05) is 17.2 Å². The molecule has 0 atom stereocenters. The molecule has 172 valence electrons. The topological polar surface area (TPSA) is 88.5 Å². The summed E-state index contributed by atoms with van der Waals surface area (Å²) in [4.78, 5) is 30.0. The number of ether oxygens (including phenoxy) is 1. The highest BCUT2D eigenvalue weighted by Gasteiger charge is 2.23. The molecule has 4 rings (SSSR count). The van der Waals surface area contributed by atoms with Gasteiger partial charge >= 0.3 is 5.97 Å². The Morgan fingerprint density at radius 3 is 2.50 bits per heavy atom. The Labute approximate surface area is 197 Å². The summed E-state index contributed by atoms with van der Waals surface area (Å²) in [5.41, 5.74) is 1.22. The van der Waals surface area contributed by atoms with Crippen LogP contribution in [-0.4, -0.2) is 28.6 Å². The van der Waals surface area contributed by atoms with Crippen LogP contribution >= 0.6 is 11.3 Å². The number of esters is 1. The molecule has 0 spiro atoms. The highest BCUT2D eigenvalue weighted by atomic mass is 32.1. The van der Waals surface area contributed by atoms with Gasteiger partial charge < -0.3 is 9.84 Å². The predicted molar refractivity (Wildman–Crippen MR) is 125 cm³/mol. The molecule has 0 aliphatic rings. The third kappa shape index (κ3) is 4.79. The molecule has 0 saturated carbocycles. The standard InChI is InChI=1S/C25H18F2N2O4S/c1-2-33-24(32)22-21(14-6-4-3-5-7-14)28-25(34-22)29-23(31)18-12-15(8-11-20(18)30)17-10-9-16(26)13-19(17)27/h3-13,30H,2H2,1H3,(H,28,29,31). The predicted octanol–water partition coefficient (Wildman–Crippen LogP) is 5.89. The second-order valence-corrected chi connectivity index (χ2v) is 8.09. The smallest absolute Gasteiger partial charge is 0.350 e. The number of anilines is 1. The van der Waals surface area contributed by atoms with Crippen molar-refractivity contribution in [1.82, 2.24) is 4.98 Å². The van der Waals surface area contributed by atoms with Gasteiger partial charge in [0.25, 0.3) is 5.91 Å². The third-order valence-corrected chi connectivity index (χ3v) is 5.79. The molecule has 0 aliphatic heterocycles. The van der Waals surface area contributed by atoms with Crippen molar-refractivity contribution in [3.63, 3.8) is 0 Å². The zero-order valence-electron chi connectivity index (χ0n) is 17.8. The Hall–Kier alpha value is -4.11. The van der Waals surface area contributed by atoms with Crippen LogP contribution in [0.3, 0.4) is 0 Å². The quantitative estimate of drug-likeness (QED) is 0.336. The van der Waals surface area contributed by atoms with E-state index in [1.807, 2.05) is 6.07 Å². The molecule has 1 amide bonds. The molecule has 0 aliphatic carbocycles. The van der Waals surface area contributed by atoms with Crippen molar-refractivity contribution < 1.29 is 28.2 Å².